The molecule has 0 aliphatic carbocycles. The summed E-state index contributed by atoms with van der Waals surface area (Å²) < 4.78 is 5.81. The highest BCUT2D eigenvalue weighted by Crippen LogP contribution is 2.24. The van der Waals surface area contributed by atoms with Gasteiger partial charge in [0.1, 0.15) is 5.75 Å². The highest BCUT2D eigenvalue weighted by Gasteiger charge is 2.25. The van der Waals surface area contributed by atoms with Gasteiger partial charge in [0.2, 0.25) is 0 Å². The Bertz CT molecular complexity index is 974. The lowest BCUT2D eigenvalue weighted by molar-refractivity contribution is -0.137. The Morgan fingerprint density at radius 2 is 1.83 bits per heavy atom. The fraction of sp³-hybridized carbons (Fsp3) is 0.304. The van der Waals surface area contributed by atoms with E-state index < -0.39 is 6.10 Å². The van der Waals surface area contributed by atoms with Gasteiger partial charge >= 0.3 is 0 Å². The summed E-state index contributed by atoms with van der Waals surface area (Å²) in [6, 6.07) is 19.2. The number of hydrogen-bond donors (Lipinski definition) is 1. The van der Waals surface area contributed by atoms with E-state index in [1.807, 2.05) is 72.5 Å². The van der Waals surface area contributed by atoms with E-state index in [2.05, 4.69) is 15.1 Å². The number of hydrogen-bond acceptors (Lipinski definition) is 4. The molecule has 1 aliphatic heterocycles. The maximum Gasteiger partial charge on any atom is 0.263 e. The fourth-order valence-electron chi connectivity index (χ4n) is 3.63. The van der Waals surface area contributed by atoms with Crippen molar-refractivity contribution in [2.24, 2.45) is 0 Å². The number of amides is 1. The third-order valence-electron chi connectivity index (χ3n) is 5.25. The lowest BCUT2D eigenvalue weighted by Gasteiger charge is -2.25. The van der Waals surface area contributed by atoms with Crippen LogP contribution in [0.15, 0.2) is 60.7 Å². The van der Waals surface area contributed by atoms with Gasteiger partial charge < -0.3 is 14.5 Å². The zero-order valence-corrected chi connectivity index (χ0v) is 17.7. The molecule has 1 aromatic heterocycles. The monoisotopic (exact) mass is 424 g/mol. The summed E-state index contributed by atoms with van der Waals surface area (Å²) in [5.74, 6) is 1.62. The van der Waals surface area contributed by atoms with Gasteiger partial charge in [-0.15, -0.1) is 0 Å². The standard InChI is InChI=1S/C23H25ClN4O2/c1-17(30-20-6-3-2-4-7-20)23(29)28-13-5-12-27(14-15-28)22-16-21(25-26-22)18-8-10-19(24)11-9-18/h2-4,6-11,16-17H,5,12-15H2,1H3,(H,25,26)/t17-/m0/s1. The summed E-state index contributed by atoms with van der Waals surface area (Å²) >= 11 is 5.98. The number of carbonyl (C=O) groups excluding carboxylic acids is 1. The summed E-state index contributed by atoms with van der Waals surface area (Å²) in [6.07, 6.45) is 0.369. The van der Waals surface area contributed by atoms with E-state index >= 15 is 0 Å². The van der Waals surface area contributed by atoms with Gasteiger partial charge in [-0.25, -0.2) is 0 Å². The van der Waals surface area contributed by atoms with Crippen molar-refractivity contribution in [1.29, 1.82) is 0 Å². The molecular weight excluding hydrogens is 400 g/mol. The van der Waals surface area contributed by atoms with Crippen molar-refractivity contribution in [1.82, 2.24) is 15.1 Å². The first kappa shape index (κ1) is 20.3. The number of aromatic amines is 1. The van der Waals surface area contributed by atoms with Gasteiger partial charge in [0.15, 0.2) is 11.9 Å². The Kier molecular flexibility index (Phi) is 6.23. The van der Waals surface area contributed by atoms with Crippen LogP contribution in [0.5, 0.6) is 5.75 Å². The van der Waals surface area contributed by atoms with Gasteiger partial charge in [0, 0.05) is 37.3 Å². The summed E-state index contributed by atoms with van der Waals surface area (Å²) in [5.41, 5.74) is 1.99. The Balaban J connectivity index is 1.37. The zero-order chi connectivity index (χ0) is 20.9. The molecule has 0 unspecified atom stereocenters. The highest BCUT2D eigenvalue weighted by molar-refractivity contribution is 6.30. The van der Waals surface area contributed by atoms with Crippen LogP contribution in [-0.2, 0) is 4.79 Å². The molecule has 4 rings (SSSR count). The second-order valence-corrected chi connectivity index (χ2v) is 7.82. The van der Waals surface area contributed by atoms with E-state index in [9.17, 15) is 4.79 Å². The number of nitrogens with zero attached hydrogens (tertiary/aromatic N) is 3. The molecule has 6 nitrogen and oxygen atoms in total. The Morgan fingerprint density at radius 1 is 1.07 bits per heavy atom. The lowest BCUT2D eigenvalue weighted by Crippen LogP contribution is -2.42. The van der Waals surface area contributed by atoms with Gasteiger partial charge in [-0.2, -0.15) is 5.10 Å². The quantitative estimate of drug-likeness (QED) is 0.665. The molecule has 0 radical (unpaired) electrons. The number of anilines is 1. The van der Waals surface area contributed by atoms with E-state index in [0.717, 1.165) is 36.6 Å². The van der Waals surface area contributed by atoms with Crippen molar-refractivity contribution >= 4 is 23.3 Å². The number of rotatable bonds is 5. The maximum atomic E-state index is 12.9. The van der Waals surface area contributed by atoms with E-state index in [1.165, 1.54) is 0 Å². The van der Waals surface area contributed by atoms with Gasteiger partial charge in [0.05, 0.1) is 5.69 Å². The average molecular weight is 425 g/mol. The summed E-state index contributed by atoms with van der Waals surface area (Å²) in [5, 5.41) is 8.29. The molecule has 1 atom stereocenters. The summed E-state index contributed by atoms with van der Waals surface area (Å²) in [4.78, 5) is 17.0. The molecule has 1 N–H and O–H groups in total. The van der Waals surface area contributed by atoms with E-state index in [0.29, 0.717) is 23.9 Å². The van der Waals surface area contributed by atoms with Gasteiger partial charge in [-0.1, -0.05) is 41.9 Å². The number of halogens is 1. The summed E-state index contributed by atoms with van der Waals surface area (Å²) in [7, 11) is 0. The third kappa shape index (κ3) is 4.76. The second kappa shape index (κ2) is 9.22. The van der Waals surface area contributed by atoms with Crippen LogP contribution in [-0.4, -0.2) is 53.3 Å². The normalized spacial score (nSPS) is 15.5. The minimum Gasteiger partial charge on any atom is -0.481 e. The van der Waals surface area contributed by atoms with Gasteiger partial charge in [-0.3, -0.25) is 9.89 Å². The van der Waals surface area contributed by atoms with Crippen molar-refractivity contribution < 1.29 is 9.53 Å². The smallest absolute Gasteiger partial charge is 0.263 e. The molecule has 0 saturated carbocycles. The number of aromatic nitrogens is 2. The average Bonchev–Trinajstić information content (AvgIpc) is 3.12. The zero-order valence-electron chi connectivity index (χ0n) is 16.9. The third-order valence-corrected chi connectivity index (χ3v) is 5.51. The number of H-pyrrole nitrogens is 1. The number of benzene rings is 2. The van der Waals surface area contributed by atoms with Crippen LogP contribution in [0.4, 0.5) is 5.82 Å². The van der Waals surface area contributed by atoms with Crippen molar-refractivity contribution in [3.8, 4) is 17.0 Å². The lowest BCUT2D eigenvalue weighted by atomic mass is 10.1. The number of nitrogens with one attached hydrogen (secondary N) is 1. The molecule has 7 heteroatoms. The van der Waals surface area contributed by atoms with Crippen LogP contribution in [0.2, 0.25) is 5.02 Å². The molecular formula is C23H25ClN4O2. The van der Waals surface area contributed by atoms with Crippen molar-refractivity contribution in [3.63, 3.8) is 0 Å². The predicted octanol–water partition coefficient (Wildman–Crippen LogP) is 4.24. The predicted molar refractivity (Wildman–Crippen MR) is 119 cm³/mol. The first-order chi connectivity index (χ1) is 14.6. The largest absolute Gasteiger partial charge is 0.481 e. The highest BCUT2D eigenvalue weighted by atomic mass is 35.5. The molecule has 1 amide bonds. The Labute approximate surface area is 181 Å². The Hall–Kier alpha value is -2.99. The molecule has 1 saturated heterocycles. The number of carbonyl (C=O) groups is 1. The SMILES string of the molecule is C[C@H](Oc1ccccc1)C(=O)N1CCCN(c2cc(-c3ccc(Cl)cc3)[nH]n2)CC1. The van der Waals surface area contributed by atoms with Crippen LogP contribution in [0, 0.1) is 0 Å². The molecule has 3 aromatic rings. The van der Waals surface area contributed by atoms with E-state index in [4.69, 9.17) is 16.3 Å². The van der Waals surface area contributed by atoms with E-state index in [-0.39, 0.29) is 5.91 Å². The maximum absolute atomic E-state index is 12.9. The fourth-order valence-corrected chi connectivity index (χ4v) is 3.75. The van der Waals surface area contributed by atoms with Gasteiger partial charge in [0.25, 0.3) is 5.91 Å². The van der Waals surface area contributed by atoms with Crippen LogP contribution < -0.4 is 9.64 Å². The molecule has 1 aliphatic rings. The van der Waals surface area contributed by atoms with Gasteiger partial charge in [-0.05, 0) is 43.2 Å². The number of para-hydroxylation sites is 1. The van der Waals surface area contributed by atoms with Crippen LogP contribution in [0.25, 0.3) is 11.3 Å². The first-order valence-electron chi connectivity index (χ1n) is 10.2. The van der Waals surface area contributed by atoms with Crippen molar-refractivity contribution in [3.05, 3.63) is 65.7 Å². The molecule has 30 heavy (non-hydrogen) atoms. The Morgan fingerprint density at radius 3 is 2.60 bits per heavy atom. The van der Waals surface area contributed by atoms with Crippen LogP contribution >= 0.6 is 11.6 Å². The molecule has 1 fully saturated rings. The molecule has 156 valence electrons. The first-order valence-corrected chi connectivity index (χ1v) is 10.5. The molecule has 0 spiro atoms. The topological polar surface area (TPSA) is 61.5 Å². The van der Waals surface area contributed by atoms with Crippen molar-refractivity contribution in [2.45, 2.75) is 19.4 Å². The van der Waals surface area contributed by atoms with E-state index in [1.54, 1.807) is 0 Å². The number of ether oxygens (including phenoxy) is 1. The minimum atomic E-state index is -0.513. The summed E-state index contributed by atoms with van der Waals surface area (Å²) in [6.45, 7) is 4.75. The van der Waals surface area contributed by atoms with Crippen molar-refractivity contribution in [2.75, 3.05) is 31.1 Å². The van der Waals surface area contributed by atoms with Crippen LogP contribution in [0.3, 0.4) is 0 Å². The van der Waals surface area contributed by atoms with Crippen LogP contribution in [0.1, 0.15) is 13.3 Å². The molecule has 2 aromatic carbocycles. The second-order valence-electron chi connectivity index (χ2n) is 7.39. The minimum absolute atomic E-state index is 0.0181. The molecule has 2 heterocycles. The molecule has 0 bridgehead atoms.